The van der Waals surface area contributed by atoms with Gasteiger partial charge in [0.1, 0.15) is 12.2 Å². The zero-order valence-corrected chi connectivity index (χ0v) is 9.26. The number of hydrogen-bond donors (Lipinski definition) is 2. The Morgan fingerprint density at radius 3 is 2.25 bits per heavy atom. The van der Waals surface area contributed by atoms with Gasteiger partial charge in [-0.2, -0.15) is 0 Å². The van der Waals surface area contributed by atoms with Gasteiger partial charge in [0, 0.05) is 19.0 Å². The monoisotopic (exact) mass is 230 g/mol. The molecule has 0 atom stereocenters. The number of hydrogen-bond acceptors (Lipinski definition) is 4. The highest BCUT2D eigenvalue weighted by Crippen LogP contribution is 1.87. The third-order valence-electron chi connectivity index (χ3n) is 1.44. The van der Waals surface area contributed by atoms with Gasteiger partial charge >= 0.3 is 5.97 Å². The van der Waals surface area contributed by atoms with Crippen LogP contribution in [0.3, 0.4) is 0 Å². The molecule has 0 unspecified atom stereocenters. The lowest BCUT2D eigenvalue weighted by atomic mass is 10.4. The molecule has 6 heteroatoms. The third-order valence-corrected chi connectivity index (χ3v) is 1.44. The van der Waals surface area contributed by atoms with Crippen LogP contribution in [0.2, 0.25) is 0 Å². The number of aromatic nitrogens is 2. The Morgan fingerprint density at radius 1 is 1.38 bits per heavy atom. The predicted molar refractivity (Wildman–Crippen MR) is 59.0 cm³/mol. The maximum Gasteiger partial charge on any atom is 0.311 e. The number of aliphatic carboxylic acids is 1. The minimum absolute atomic E-state index is 0. The molecule has 0 bridgehead atoms. The minimum Gasteiger partial charge on any atom is -0.481 e. The zero-order valence-electron chi connectivity index (χ0n) is 9.26. The van der Waals surface area contributed by atoms with Gasteiger partial charge in [-0.1, -0.05) is 13.3 Å². The topological polar surface area (TPSA) is 115 Å². The van der Waals surface area contributed by atoms with Gasteiger partial charge in [-0.05, 0) is 12.5 Å². The molecule has 0 aliphatic carbocycles. The highest BCUT2D eigenvalue weighted by molar-refractivity contribution is 5.68. The number of carbonyl (C=O) groups is 1. The maximum absolute atomic E-state index is 10.1. The SMILES string of the molecule is CCCCO.O.O=C(O)Cc1ncccn1. The Kier molecular flexibility index (Phi) is 12.2. The number of carboxylic acid groups (broad SMARTS) is 1. The van der Waals surface area contributed by atoms with Crippen molar-refractivity contribution in [1.82, 2.24) is 9.97 Å². The van der Waals surface area contributed by atoms with Crippen LogP contribution in [0.25, 0.3) is 0 Å². The summed E-state index contributed by atoms with van der Waals surface area (Å²) in [6.45, 7) is 2.40. The maximum atomic E-state index is 10.1. The van der Waals surface area contributed by atoms with Crippen LogP contribution >= 0.6 is 0 Å². The van der Waals surface area contributed by atoms with Crippen LogP contribution in [-0.2, 0) is 11.2 Å². The van der Waals surface area contributed by atoms with Gasteiger partial charge in [0.25, 0.3) is 0 Å². The van der Waals surface area contributed by atoms with Crippen LogP contribution in [0.15, 0.2) is 18.5 Å². The molecule has 1 aromatic rings. The molecular weight excluding hydrogens is 212 g/mol. The average Bonchev–Trinajstić information content (AvgIpc) is 2.20. The Bertz CT molecular complexity index is 265. The van der Waals surface area contributed by atoms with Gasteiger partial charge in [-0.3, -0.25) is 4.79 Å². The van der Waals surface area contributed by atoms with Crippen molar-refractivity contribution in [2.75, 3.05) is 6.61 Å². The largest absolute Gasteiger partial charge is 0.481 e. The predicted octanol–water partition coefficient (Wildman–Crippen LogP) is 0.0578. The van der Waals surface area contributed by atoms with E-state index < -0.39 is 5.97 Å². The molecule has 6 nitrogen and oxygen atoms in total. The van der Waals surface area contributed by atoms with E-state index in [1.54, 1.807) is 6.07 Å². The summed E-state index contributed by atoms with van der Waals surface area (Å²) in [4.78, 5) is 17.5. The second kappa shape index (κ2) is 11.5. The molecule has 0 radical (unpaired) electrons. The first-order valence-electron chi connectivity index (χ1n) is 4.79. The van der Waals surface area contributed by atoms with Crippen molar-refractivity contribution < 1.29 is 20.5 Å². The summed E-state index contributed by atoms with van der Waals surface area (Å²) in [6, 6.07) is 1.64. The van der Waals surface area contributed by atoms with E-state index in [1.165, 1.54) is 12.4 Å². The molecular formula is C10H18N2O4. The van der Waals surface area contributed by atoms with Crippen molar-refractivity contribution >= 4 is 5.97 Å². The van der Waals surface area contributed by atoms with Crippen LogP contribution in [0.5, 0.6) is 0 Å². The van der Waals surface area contributed by atoms with E-state index in [4.69, 9.17) is 10.2 Å². The highest BCUT2D eigenvalue weighted by Gasteiger charge is 1.99. The lowest BCUT2D eigenvalue weighted by Gasteiger charge is -1.90. The number of rotatable bonds is 4. The minimum atomic E-state index is -0.911. The Labute approximate surface area is 94.3 Å². The summed E-state index contributed by atoms with van der Waals surface area (Å²) >= 11 is 0. The Hall–Kier alpha value is -1.53. The molecule has 1 heterocycles. The fourth-order valence-electron chi connectivity index (χ4n) is 0.715. The van der Waals surface area contributed by atoms with Crippen LogP contribution in [0, 0.1) is 0 Å². The zero-order chi connectivity index (χ0) is 11.5. The summed E-state index contributed by atoms with van der Waals surface area (Å²) in [6.07, 6.45) is 4.97. The van der Waals surface area contributed by atoms with Crippen molar-refractivity contribution in [2.45, 2.75) is 26.2 Å². The van der Waals surface area contributed by atoms with Crippen LogP contribution in [0.4, 0.5) is 0 Å². The van der Waals surface area contributed by atoms with Crippen molar-refractivity contribution in [3.05, 3.63) is 24.3 Å². The van der Waals surface area contributed by atoms with Gasteiger partial charge in [-0.15, -0.1) is 0 Å². The molecule has 0 fully saturated rings. The molecule has 0 amide bonds. The van der Waals surface area contributed by atoms with E-state index in [9.17, 15) is 4.79 Å². The second-order valence-corrected chi connectivity index (χ2v) is 2.81. The first-order valence-corrected chi connectivity index (χ1v) is 4.79. The number of aliphatic hydroxyl groups excluding tert-OH is 1. The number of unbranched alkanes of at least 4 members (excludes halogenated alkanes) is 1. The van der Waals surface area contributed by atoms with E-state index in [1.807, 2.05) is 0 Å². The van der Waals surface area contributed by atoms with E-state index in [0.29, 0.717) is 12.4 Å². The number of carboxylic acids is 1. The molecule has 1 rings (SSSR count). The van der Waals surface area contributed by atoms with Gasteiger partial charge in [0.05, 0.1) is 0 Å². The highest BCUT2D eigenvalue weighted by atomic mass is 16.4. The quantitative estimate of drug-likeness (QED) is 0.758. The normalized spacial score (nSPS) is 8.38. The molecule has 0 spiro atoms. The first kappa shape index (κ1) is 16.9. The van der Waals surface area contributed by atoms with E-state index in [0.717, 1.165) is 12.8 Å². The Balaban J connectivity index is 0. The summed E-state index contributed by atoms with van der Waals surface area (Å²) in [5.41, 5.74) is 0. The van der Waals surface area contributed by atoms with Gasteiger partial charge in [-0.25, -0.2) is 9.97 Å². The van der Waals surface area contributed by atoms with Crippen LogP contribution in [0.1, 0.15) is 25.6 Å². The summed E-state index contributed by atoms with van der Waals surface area (Å²) < 4.78 is 0. The van der Waals surface area contributed by atoms with Crippen molar-refractivity contribution in [1.29, 1.82) is 0 Å². The summed E-state index contributed by atoms with van der Waals surface area (Å²) in [5, 5.41) is 16.4. The van der Waals surface area contributed by atoms with Crippen molar-refractivity contribution in [3.63, 3.8) is 0 Å². The van der Waals surface area contributed by atoms with E-state index in [2.05, 4.69) is 16.9 Å². The second-order valence-electron chi connectivity index (χ2n) is 2.81. The van der Waals surface area contributed by atoms with Gasteiger partial charge in [0.15, 0.2) is 0 Å². The molecule has 0 saturated carbocycles. The number of nitrogens with zero attached hydrogens (tertiary/aromatic N) is 2. The first-order chi connectivity index (χ1) is 7.20. The van der Waals surface area contributed by atoms with Crippen molar-refractivity contribution in [2.24, 2.45) is 0 Å². The average molecular weight is 230 g/mol. The molecule has 1 aromatic heterocycles. The molecule has 0 saturated heterocycles. The molecule has 0 aromatic carbocycles. The molecule has 92 valence electrons. The standard InChI is InChI=1S/C6H6N2O2.C4H10O.H2O/c9-6(10)4-5-7-2-1-3-8-5;1-2-3-4-5;/h1-3H,4H2,(H,9,10);5H,2-4H2,1H3;1H2. The molecule has 0 aliphatic heterocycles. The lowest BCUT2D eigenvalue weighted by Crippen LogP contribution is -2.03. The molecule has 16 heavy (non-hydrogen) atoms. The van der Waals surface area contributed by atoms with Crippen LogP contribution < -0.4 is 0 Å². The van der Waals surface area contributed by atoms with Gasteiger partial charge in [0.2, 0.25) is 0 Å². The van der Waals surface area contributed by atoms with Crippen LogP contribution in [-0.4, -0.2) is 38.2 Å². The van der Waals surface area contributed by atoms with E-state index in [-0.39, 0.29) is 11.9 Å². The van der Waals surface area contributed by atoms with Crippen molar-refractivity contribution in [3.8, 4) is 0 Å². The van der Waals surface area contributed by atoms with Gasteiger partial charge < -0.3 is 15.7 Å². The fraction of sp³-hybridized carbons (Fsp3) is 0.500. The fourth-order valence-corrected chi connectivity index (χ4v) is 0.715. The smallest absolute Gasteiger partial charge is 0.311 e. The summed E-state index contributed by atoms with van der Waals surface area (Å²) in [5.74, 6) is -0.568. The molecule has 4 N–H and O–H groups in total. The lowest BCUT2D eigenvalue weighted by molar-refractivity contribution is -0.136. The molecule has 0 aliphatic rings. The number of aliphatic hydroxyl groups is 1. The Morgan fingerprint density at radius 2 is 1.94 bits per heavy atom. The summed E-state index contributed by atoms with van der Waals surface area (Å²) in [7, 11) is 0. The van der Waals surface area contributed by atoms with E-state index >= 15 is 0 Å². The third kappa shape index (κ3) is 10.6.